The van der Waals surface area contributed by atoms with Crippen LogP contribution in [-0.4, -0.2) is 11.1 Å². The topological polar surface area (TPSA) is 55.1 Å². The van der Waals surface area contributed by atoms with E-state index in [1.807, 2.05) is 0 Å². The molecule has 0 spiro atoms. The molecular formula is C15H13F3N2O2. The Morgan fingerprint density at radius 3 is 2.59 bits per heavy atom. The van der Waals surface area contributed by atoms with Gasteiger partial charge in [-0.2, -0.15) is 13.2 Å². The Hall–Kier alpha value is -2.31. The molecule has 7 heteroatoms. The van der Waals surface area contributed by atoms with Crippen LogP contribution in [0.5, 0.6) is 0 Å². The Bertz CT molecular complexity index is 718. The first-order valence-corrected chi connectivity index (χ1v) is 6.74. The van der Waals surface area contributed by atoms with Crippen LogP contribution in [0.1, 0.15) is 29.7 Å². The highest BCUT2D eigenvalue weighted by Crippen LogP contribution is 2.49. The number of carbonyl (C=O) groups is 1. The van der Waals surface area contributed by atoms with Gasteiger partial charge in [-0.25, -0.2) is 0 Å². The van der Waals surface area contributed by atoms with E-state index in [2.05, 4.69) is 10.5 Å². The van der Waals surface area contributed by atoms with E-state index >= 15 is 0 Å². The van der Waals surface area contributed by atoms with Gasteiger partial charge >= 0.3 is 6.18 Å². The minimum atomic E-state index is -4.42. The third-order valence-corrected chi connectivity index (χ3v) is 3.80. The van der Waals surface area contributed by atoms with Gasteiger partial charge < -0.3 is 9.84 Å². The number of amides is 1. The van der Waals surface area contributed by atoms with E-state index in [1.165, 1.54) is 6.07 Å². The van der Waals surface area contributed by atoms with E-state index in [9.17, 15) is 18.0 Å². The zero-order valence-electron chi connectivity index (χ0n) is 11.7. The van der Waals surface area contributed by atoms with Gasteiger partial charge in [0.2, 0.25) is 5.91 Å². The molecule has 3 rings (SSSR count). The standard InChI is InChI=1S/C15H13F3N2O2/c1-9-7-12(20-22-9)19-13(21)14(5-6-14)10-3-2-4-11(8-10)15(16,17)18/h2-4,7-8H,5-6H2,1H3,(H,19,20,21). The van der Waals surface area contributed by atoms with Crippen molar-refractivity contribution in [1.29, 1.82) is 0 Å². The predicted molar refractivity (Wildman–Crippen MR) is 72.2 cm³/mol. The molecule has 1 aromatic carbocycles. The lowest BCUT2D eigenvalue weighted by Gasteiger charge is -2.16. The summed E-state index contributed by atoms with van der Waals surface area (Å²) in [6.45, 7) is 1.68. The van der Waals surface area contributed by atoms with Gasteiger partial charge in [-0.3, -0.25) is 4.79 Å². The van der Waals surface area contributed by atoms with Gasteiger partial charge in [0, 0.05) is 6.07 Å². The second-order valence-corrected chi connectivity index (χ2v) is 5.44. The SMILES string of the molecule is Cc1cc(NC(=O)C2(c3cccc(C(F)(F)F)c3)CC2)no1. The van der Waals surface area contributed by atoms with Crippen molar-refractivity contribution in [2.75, 3.05) is 5.32 Å². The highest BCUT2D eigenvalue weighted by Gasteiger charge is 2.52. The van der Waals surface area contributed by atoms with Crippen molar-refractivity contribution >= 4 is 11.7 Å². The Morgan fingerprint density at radius 1 is 1.32 bits per heavy atom. The lowest BCUT2D eigenvalue weighted by Crippen LogP contribution is -2.28. The molecule has 1 aliphatic carbocycles. The molecule has 1 fully saturated rings. The smallest absolute Gasteiger partial charge is 0.360 e. The van der Waals surface area contributed by atoms with Crippen molar-refractivity contribution in [2.45, 2.75) is 31.4 Å². The average Bonchev–Trinajstić information content (AvgIpc) is 3.17. The number of nitrogens with one attached hydrogen (secondary N) is 1. The number of benzene rings is 1. The quantitative estimate of drug-likeness (QED) is 0.941. The molecule has 1 N–H and O–H groups in total. The number of anilines is 1. The lowest BCUT2D eigenvalue weighted by molar-refractivity contribution is -0.137. The van der Waals surface area contributed by atoms with Crippen LogP contribution < -0.4 is 5.32 Å². The first-order chi connectivity index (χ1) is 10.3. The van der Waals surface area contributed by atoms with Crippen molar-refractivity contribution < 1.29 is 22.5 Å². The first-order valence-electron chi connectivity index (χ1n) is 6.74. The molecule has 0 bridgehead atoms. The van der Waals surface area contributed by atoms with Gasteiger partial charge in [0.05, 0.1) is 11.0 Å². The minimum Gasteiger partial charge on any atom is -0.360 e. The predicted octanol–water partition coefficient (Wildman–Crippen LogP) is 3.67. The van der Waals surface area contributed by atoms with Crippen molar-refractivity contribution in [3.05, 3.63) is 47.2 Å². The molecular weight excluding hydrogens is 297 g/mol. The molecule has 22 heavy (non-hydrogen) atoms. The highest BCUT2D eigenvalue weighted by atomic mass is 19.4. The summed E-state index contributed by atoms with van der Waals surface area (Å²) < 4.78 is 43.3. The van der Waals surface area contributed by atoms with E-state index < -0.39 is 17.2 Å². The van der Waals surface area contributed by atoms with Crippen LogP contribution in [0.2, 0.25) is 0 Å². The van der Waals surface area contributed by atoms with Gasteiger partial charge in [-0.15, -0.1) is 0 Å². The molecule has 4 nitrogen and oxygen atoms in total. The van der Waals surface area contributed by atoms with Crippen LogP contribution in [0.25, 0.3) is 0 Å². The molecule has 1 aromatic heterocycles. The summed E-state index contributed by atoms with van der Waals surface area (Å²) in [5.41, 5.74) is -1.28. The fourth-order valence-electron chi connectivity index (χ4n) is 2.43. The molecule has 0 unspecified atom stereocenters. The molecule has 116 valence electrons. The summed E-state index contributed by atoms with van der Waals surface area (Å²) in [6.07, 6.45) is -3.40. The summed E-state index contributed by atoms with van der Waals surface area (Å²) in [7, 11) is 0. The Balaban J connectivity index is 1.86. The summed E-state index contributed by atoms with van der Waals surface area (Å²) in [5.74, 6) is 0.445. The number of rotatable bonds is 3. The molecule has 0 atom stereocenters. The maximum Gasteiger partial charge on any atom is 0.416 e. The average molecular weight is 310 g/mol. The summed E-state index contributed by atoms with van der Waals surface area (Å²) in [6, 6.07) is 6.47. The van der Waals surface area contributed by atoms with Gasteiger partial charge in [0.1, 0.15) is 5.76 Å². The van der Waals surface area contributed by atoms with Crippen molar-refractivity contribution in [2.24, 2.45) is 0 Å². The molecule has 1 aliphatic rings. The van der Waals surface area contributed by atoms with E-state index in [0.717, 1.165) is 12.1 Å². The first kappa shape index (κ1) is 14.6. The van der Waals surface area contributed by atoms with Gasteiger partial charge in [-0.05, 0) is 31.4 Å². The van der Waals surface area contributed by atoms with Crippen LogP contribution >= 0.6 is 0 Å². The van der Waals surface area contributed by atoms with Gasteiger partial charge in [-0.1, -0.05) is 23.4 Å². The van der Waals surface area contributed by atoms with Gasteiger partial charge in [0.25, 0.3) is 0 Å². The van der Waals surface area contributed by atoms with Crippen LogP contribution in [-0.2, 0) is 16.4 Å². The number of nitrogens with zero attached hydrogens (tertiary/aromatic N) is 1. The van der Waals surface area contributed by atoms with Crippen LogP contribution in [0.15, 0.2) is 34.9 Å². The third-order valence-electron chi connectivity index (χ3n) is 3.80. The van der Waals surface area contributed by atoms with Crippen LogP contribution in [0.3, 0.4) is 0 Å². The van der Waals surface area contributed by atoms with Gasteiger partial charge in [0.15, 0.2) is 5.82 Å². The highest BCUT2D eigenvalue weighted by molar-refractivity contribution is 6.00. The molecule has 2 aromatic rings. The number of alkyl halides is 3. The number of aryl methyl sites for hydroxylation is 1. The fraction of sp³-hybridized carbons (Fsp3) is 0.333. The Kier molecular flexibility index (Phi) is 3.23. The Morgan fingerprint density at radius 2 is 2.05 bits per heavy atom. The number of aromatic nitrogens is 1. The van der Waals surface area contributed by atoms with Crippen LogP contribution in [0, 0.1) is 6.92 Å². The maximum atomic E-state index is 12.8. The lowest BCUT2D eigenvalue weighted by atomic mass is 9.93. The van der Waals surface area contributed by atoms with Crippen molar-refractivity contribution in [3.63, 3.8) is 0 Å². The van der Waals surface area contributed by atoms with E-state index in [1.54, 1.807) is 19.1 Å². The van der Waals surface area contributed by atoms with Crippen molar-refractivity contribution in [3.8, 4) is 0 Å². The third kappa shape index (κ3) is 2.58. The zero-order chi connectivity index (χ0) is 16.0. The number of halogens is 3. The van der Waals surface area contributed by atoms with Crippen molar-refractivity contribution in [1.82, 2.24) is 5.16 Å². The molecule has 0 radical (unpaired) electrons. The molecule has 1 heterocycles. The number of hydrogen-bond acceptors (Lipinski definition) is 3. The summed E-state index contributed by atoms with van der Waals surface area (Å²) in [4.78, 5) is 12.4. The normalized spacial score (nSPS) is 16.4. The summed E-state index contributed by atoms with van der Waals surface area (Å²) >= 11 is 0. The van der Waals surface area contributed by atoms with E-state index in [0.29, 0.717) is 24.2 Å². The van der Waals surface area contributed by atoms with E-state index in [4.69, 9.17) is 4.52 Å². The maximum absolute atomic E-state index is 12.8. The second-order valence-electron chi connectivity index (χ2n) is 5.44. The minimum absolute atomic E-state index is 0.265. The summed E-state index contributed by atoms with van der Waals surface area (Å²) in [5, 5.41) is 6.26. The molecule has 0 saturated heterocycles. The molecule has 1 saturated carbocycles. The fourth-order valence-corrected chi connectivity index (χ4v) is 2.43. The monoisotopic (exact) mass is 310 g/mol. The Labute approximate surface area is 124 Å². The molecule has 0 aliphatic heterocycles. The zero-order valence-corrected chi connectivity index (χ0v) is 11.7. The molecule has 1 amide bonds. The van der Waals surface area contributed by atoms with E-state index in [-0.39, 0.29) is 11.7 Å². The number of hydrogen-bond donors (Lipinski definition) is 1. The second kappa shape index (κ2) is 4.86. The number of carbonyl (C=O) groups excluding carboxylic acids is 1. The largest absolute Gasteiger partial charge is 0.416 e. The van der Waals surface area contributed by atoms with Crippen LogP contribution in [0.4, 0.5) is 19.0 Å².